The van der Waals surface area contributed by atoms with Crippen molar-refractivity contribution in [2.75, 3.05) is 50.6 Å². The summed E-state index contributed by atoms with van der Waals surface area (Å²) in [5.74, 6) is 0.914. The third-order valence-electron chi connectivity index (χ3n) is 6.02. The number of para-hydroxylation sites is 1. The van der Waals surface area contributed by atoms with E-state index in [1.807, 2.05) is 48.5 Å². The normalized spacial score (nSPS) is 16.5. The molecule has 4 rings (SSSR count). The number of likely N-dealkylation sites (N-methyl/N-ethyl adjacent to an activating group) is 1. The molecule has 0 aliphatic carbocycles. The molecule has 1 fully saturated rings. The van der Waals surface area contributed by atoms with Crippen LogP contribution in [0.25, 0.3) is 0 Å². The lowest BCUT2D eigenvalue weighted by atomic mass is 10.1. The maximum Gasteiger partial charge on any atom is 0.240 e. The number of anilines is 1. The molecule has 2 heterocycles. The minimum Gasteiger partial charge on any atom is -0.492 e. The van der Waals surface area contributed by atoms with Crippen LogP contribution in [0.3, 0.4) is 0 Å². The number of ether oxygens (including phenoxy) is 2. The molecule has 2 aromatic rings. The second-order valence-corrected chi connectivity index (χ2v) is 9.35. The highest BCUT2D eigenvalue weighted by atomic mass is 32.2. The van der Waals surface area contributed by atoms with Gasteiger partial charge < -0.3 is 19.7 Å². The summed E-state index contributed by atoms with van der Waals surface area (Å²) in [6.45, 7) is 3.54. The minimum absolute atomic E-state index is 0.0190. The molecule has 1 saturated heterocycles. The van der Waals surface area contributed by atoms with Crippen molar-refractivity contribution in [3.63, 3.8) is 0 Å². The van der Waals surface area contributed by atoms with E-state index < -0.39 is 0 Å². The van der Waals surface area contributed by atoms with E-state index in [4.69, 9.17) is 9.47 Å². The monoisotopic (exact) mass is 469 g/mol. The van der Waals surface area contributed by atoms with Crippen LogP contribution < -0.4 is 15.0 Å². The molecule has 0 spiro atoms. The van der Waals surface area contributed by atoms with E-state index in [1.165, 1.54) is 11.8 Å². The van der Waals surface area contributed by atoms with Crippen molar-refractivity contribution in [2.45, 2.75) is 30.3 Å². The Morgan fingerprint density at radius 2 is 2.03 bits per heavy atom. The first-order chi connectivity index (χ1) is 16.1. The van der Waals surface area contributed by atoms with Crippen LogP contribution >= 0.6 is 11.8 Å². The second kappa shape index (κ2) is 11.5. The van der Waals surface area contributed by atoms with Crippen LogP contribution in [0.2, 0.25) is 0 Å². The average molecular weight is 470 g/mol. The van der Waals surface area contributed by atoms with E-state index in [2.05, 4.69) is 17.3 Å². The molecule has 176 valence electrons. The number of carbonyl (C=O) groups excluding carboxylic acids is 2. The van der Waals surface area contributed by atoms with Gasteiger partial charge in [0.05, 0.1) is 11.4 Å². The molecule has 2 aliphatic heterocycles. The van der Waals surface area contributed by atoms with Gasteiger partial charge in [0.1, 0.15) is 18.9 Å². The van der Waals surface area contributed by atoms with E-state index in [-0.39, 0.29) is 18.4 Å². The van der Waals surface area contributed by atoms with Gasteiger partial charge in [-0.2, -0.15) is 0 Å². The summed E-state index contributed by atoms with van der Waals surface area (Å²) in [7, 11) is 2.13. The van der Waals surface area contributed by atoms with Crippen molar-refractivity contribution >= 4 is 29.3 Å². The number of thioether (sulfide) groups is 1. The highest BCUT2D eigenvalue weighted by Crippen LogP contribution is 2.34. The van der Waals surface area contributed by atoms with Gasteiger partial charge in [0.2, 0.25) is 11.8 Å². The van der Waals surface area contributed by atoms with Crippen LogP contribution in [0.1, 0.15) is 18.4 Å². The minimum atomic E-state index is -0.186. The van der Waals surface area contributed by atoms with Crippen LogP contribution in [0, 0.1) is 0 Å². The van der Waals surface area contributed by atoms with Gasteiger partial charge in [-0.1, -0.05) is 24.3 Å². The Kier molecular flexibility index (Phi) is 8.25. The predicted octanol–water partition coefficient (Wildman–Crippen LogP) is 2.93. The summed E-state index contributed by atoms with van der Waals surface area (Å²) in [4.78, 5) is 29.9. The van der Waals surface area contributed by atoms with Crippen molar-refractivity contribution in [1.82, 2.24) is 10.2 Å². The summed E-state index contributed by atoms with van der Waals surface area (Å²) >= 11 is 1.51. The van der Waals surface area contributed by atoms with Gasteiger partial charge >= 0.3 is 0 Å². The first-order valence-corrected chi connectivity index (χ1v) is 12.4. The third-order valence-corrected chi connectivity index (χ3v) is 7.07. The SMILES string of the molecule is CN(CCOc1cccc(CNC(=O)CN2C(=O)CSc3ccccc32)c1)C1CCOCC1. The lowest BCUT2D eigenvalue weighted by molar-refractivity contribution is -0.123. The second-order valence-electron chi connectivity index (χ2n) is 8.33. The third kappa shape index (κ3) is 6.50. The van der Waals surface area contributed by atoms with E-state index in [0.29, 0.717) is 24.9 Å². The largest absolute Gasteiger partial charge is 0.492 e. The summed E-state index contributed by atoms with van der Waals surface area (Å²) in [5.41, 5.74) is 1.76. The molecule has 7 nitrogen and oxygen atoms in total. The summed E-state index contributed by atoms with van der Waals surface area (Å²) in [6.07, 6.45) is 2.14. The first kappa shape index (κ1) is 23.6. The molecule has 8 heteroatoms. The van der Waals surface area contributed by atoms with Crippen LogP contribution in [-0.2, 0) is 20.9 Å². The summed E-state index contributed by atoms with van der Waals surface area (Å²) < 4.78 is 11.4. The van der Waals surface area contributed by atoms with Gasteiger partial charge in [-0.25, -0.2) is 0 Å². The quantitative estimate of drug-likeness (QED) is 0.609. The van der Waals surface area contributed by atoms with Crippen molar-refractivity contribution in [1.29, 1.82) is 0 Å². The summed E-state index contributed by atoms with van der Waals surface area (Å²) in [5, 5.41) is 2.93. The number of benzene rings is 2. The molecule has 1 N–H and O–H groups in total. The van der Waals surface area contributed by atoms with Gasteiger partial charge in [-0.15, -0.1) is 11.8 Å². The number of amides is 2. The van der Waals surface area contributed by atoms with Crippen LogP contribution in [0.5, 0.6) is 5.75 Å². The average Bonchev–Trinajstić information content (AvgIpc) is 2.85. The van der Waals surface area contributed by atoms with Crippen molar-refractivity contribution < 1.29 is 19.1 Å². The van der Waals surface area contributed by atoms with Gasteiger partial charge in [0.15, 0.2) is 0 Å². The highest BCUT2D eigenvalue weighted by molar-refractivity contribution is 8.00. The number of hydrogen-bond donors (Lipinski definition) is 1. The maximum atomic E-state index is 12.6. The molecule has 2 aliphatic rings. The van der Waals surface area contributed by atoms with Crippen LogP contribution in [0.15, 0.2) is 53.4 Å². The van der Waals surface area contributed by atoms with Gasteiger partial charge in [-0.3, -0.25) is 14.5 Å². The molecular formula is C25H31N3O4S. The fraction of sp³-hybridized carbons (Fsp3) is 0.440. The molecule has 0 saturated carbocycles. The molecule has 0 unspecified atom stereocenters. The first-order valence-electron chi connectivity index (χ1n) is 11.4. The van der Waals surface area contributed by atoms with E-state index >= 15 is 0 Å². The van der Waals surface area contributed by atoms with Crippen LogP contribution in [-0.4, -0.2) is 68.5 Å². The highest BCUT2D eigenvalue weighted by Gasteiger charge is 2.26. The molecule has 0 aromatic heterocycles. The van der Waals surface area contributed by atoms with Gasteiger partial charge in [0, 0.05) is 37.2 Å². The molecule has 33 heavy (non-hydrogen) atoms. The zero-order valence-electron chi connectivity index (χ0n) is 19.0. The zero-order valence-corrected chi connectivity index (χ0v) is 19.8. The van der Waals surface area contributed by atoms with Crippen LogP contribution in [0.4, 0.5) is 5.69 Å². The van der Waals surface area contributed by atoms with E-state index in [9.17, 15) is 9.59 Å². The Morgan fingerprint density at radius 3 is 2.88 bits per heavy atom. The smallest absolute Gasteiger partial charge is 0.240 e. The standard InChI is InChI=1S/C25H31N3O4S/c1-27(20-9-12-31-13-10-20)11-14-32-21-6-4-5-19(15-21)16-26-24(29)17-28-22-7-2-3-8-23(22)33-18-25(28)30/h2-8,15,20H,9-14,16-18H2,1H3,(H,26,29). The lowest BCUT2D eigenvalue weighted by Gasteiger charge is -2.31. The Morgan fingerprint density at radius 1 is 1.21 bits per heavy atom. The molecule has 0 atom stereocenters. The van der Waals surface area contributed by atoms with Crippen molar-refractivity contribution in [3.8, 4) is 5.75 Å². The lowest BCUT2D eigenvalue weighted by Crippen LogP contribution is -2.43. The fourth-order valence-electron chi connectivity index (χ4n) is 4.09. The Balaban J connectivity index is 1.24. The number of fused-ring (bicyclic) bond motifs is 1. The molecular weight excluding hydrogens is 438 g/mol. The van der Waals surface area contributed by atoms with Crippen molar-refractivity contribution in [2.24, 2.45) is 0 Å². The topological polar surface area (TPSA) is 71.1 Å². The Labute approximate surface area is 199 Å². The molecule has 2 aromatic carbocycles. The number of carbonyl (C=O) groups is 2. The summed E-state index contributed by atoms with van der Waals surface area (Å²) in [6, 6.07) is 16.0. The zero-order chi connectivity index (χ0) is 23.0. The van der Waals surface area contributed by atoms with E-state index in [1.54, 1.807) is 4.90 Å². The molecule has 0 bridgehead atoms. The van der Waals surface area contributed by atoms with Crippen molar-refractivity contribution in [3.05, 3.63) is 54.1 Å². The maximum absolute atomic E-state index is 12.6. The Bertz CT molecular complexity index is 964. The number of nitrogens with one attached hydrogen (secondary N) is 1. The van der Waals surface area contributed by atoms with Gasteiger partial charge in [0.25, 0.3) is 0 Å². The van der Waals surface area contributed by atoms with E-state index in [0.717, 1.165) is 54.5 Å². The predicted molar refractivity (Wildman–Crippen MR) is 130 cm³/mol. The molecule has 0 radical (unpaired) electrons. The fourth-order valence-corrected chi connectivity index (χ4v) is 5.02. The van der Waals surface area contributed by atoms with Gasteiger partial charge in [-0.05, 0) is 49.7 Å². The Hall–Kier alpha value is -2.55. The number of nitrogens with zero attached hydrogens (tertiary/aromatic N) is 2. The molecule has 2 amide bonds. The number of hydrogen-bond acceptors (Lipinski definition) is 6. The number of rotatable bonds is 9.